The van der Waals surface area contributed by atoms with Gasteiger partial charge in [0.05, 0.1) is 6.61 Å². The maximum absolute atomic E-state index is 11.9. The normalized spacial score (nSPS) is 9.41. The third-order valence-electron chi connectivity index (χ3n) is 2.43. The van der Waals surface area contributed by atoms with Crippen molar-refractivity contribution in [2.45, 2.75) is 13.3 Å². The van der Waals surface area contributed by atoms with E-state index in [1.54, 1.807) is 25.1 Å². The Bertz CT molecular complexity index is 467. The summed E-state index contributed by atoms with van der Waals surface area (Å²) in [5, 5.41) is 8.67. The van der Waals surface area contributed by atoms with Crippen LogP contribution in [0.2, 0.25) is 0 Å². The predicted octanol–water partition coefficient (Wildman–Crippen LogP) is 1.43. The van der Waals surface area contributed by atoms with E-state index in [9.17, 15) is 4.79 Å². The molecule has 1 aromatic rings. The van der Waals surface area contributed by atoms with Crippen LogP contribution in [0.4, 0.5) is 0 Å². The minimum Gasteiger partial charge on any atom is -0.395 e. The maximum atomic E-state index is 11.9. The van der Waals surface area contributed by atoms with Crippen LogP contribution in [0.3, 0.4) is 0 Å². The van der Waals surface area contributed by atoms with E-state index in [1.807, 2.05) is 19.1 Å². The number of benzene rings is 1. The lowest BCUT2D eigenvalue weighted by Crippen LogP contribution is -2.22. The molecule has 0 saturated carbocycles. The Morgan fingerprint density at radius 3 is 2.71 bits per heavy atom. The van der Waals surface area contributed by atoms with Gasteiger partial charge in [-0.05, 0) is 24.6 Å². The number of carbonyl (C=O) groups is 1. The number of amides is 1. The summed E-state index contributed by atoms with van der Waals surface area (Å²) >= 11 is 0. The molecule has 1 amide bonds. The van der Waals surface area contributed by atoms with Gasteiger partial charge in [-0.3, -0.25) is 4.79 Å². The van der Waals surface area contributed by atoms with Crippen molar-refractivity contribution in [2.75, 3.05) is 20.7 Å². The first-order chi connectivity index (χ1) is 8.07. The zero-order chi connectivity index (χ0) is 12.8. The molecule has 3 nitrogen and oxygen atoms in total. The molecule has 1 rings (SSSR count). The van der Waals surface area contributed by atoms with E-state index in [0.29, 0.717) is 12.0 Å². The number of aliphatic hydroxyl groups is 1. The molecule has 0 radical (unpaired) electrons. The van der Waals surface area contributed by atoms with Gasteiger partial charge in [0.2, 0.25) is 0 Å². The topological polar surface area (TPSA) is 40.5 Å². The largest absolute Gasteiger partial charge is 0.395 e. The molecule has 3 heteroatoms. The second kappa shape index (κ2) is 6.07. The molecule has 0 aromatic heterocycles. The number of hydrogen-bond donors (Lipinski definition) is 1. The molecule has 1 N–H and O–H groups in total. The summed E-state index contributed by atoms with van der Waals surface area (Å²) in [6, 6.07) is 5.51. The van der Waals surface area contributed by atoms with Gasteiger partial charge in [0.1, 0.15) is 0 Å². The number of rotatable bonds is 2. The highest BCUT2D eigenvalue weighted by Crippen LogP contribution is 2.14. The first-order valence-electron chi connectivity index (χ1n) is 5.49. The average Bonchev–Trinajstić information content (AvgIpc) is 2.30. The first-order valence-corrected chi connectivity index (χ1v) is 5.49. The van der Waals surface area contributed by atoms with Crippen LogP contribution >= 0.6 is 0 Å². The Morgan fingerprint density at radius 1 is 1.41 bits per heavy atom. The summed E-state index contributed by atoms with van der Waals surface area (Å²) in [6.45, 7) is 1.95. The zero-order valence-electron chi connectivity index (χ0n) is 10.4. The SMILES string of the molecule is Cc1c(C#CCCO)cccc1C(=O)N(C)C. The molecule has 0 aliphatic rings. The molecule has 0 atom stereocenters. The minimum atomic E-state index is -0.0201. The average molecular weight is 231 g/mol. The summed E-state index contributed by atoms with van der Waals surface area (Å²) in [5.74, 6) is 5.81. The minimum absolute atomic E-state index is 0.0201. The van der Waals surface area contributed by atoms with Gasteiger partial charge in [-0.1, -0.05) is 17.9 Å². The van der Waals surface area contributed by atoms with Crippen LogP contribution < -0.4 is 0 Å². The van der Waals surface area contributed by atoms with Gasteiger partial charge in [0.25, 0.3) is 5.91 Å². The van der Waals surface area contributed by atoms with Crippen LogP contribution in [0, 0.1) is 18.8 Å². The highest BCUT2D eigenvalue weighted by molar-refractivity contribution is 5.95. The van der Waals surface area contributed by atoms with Gasteiger partial charge in [-0.2, -0.15) is 0 Å². The van der Waals surface area contributed by atoms with Gasteiger partial charge in [-0.25, -0.2) is 0 Å². The van der Waals surface area contributed by atoms with Crippen molar-refractivity contribution in [3.63, 3.8) is 0 Å². The molecule has 0 unspecified atom stereocenters. The molecule has 0 aliphatic carbocycles. The molecule has 0 fully saturated rings. The van der Waals surface area contributed by atoms with E-state index in [1.165, 1.54) is 0 Å². The standard InChI is InChI=1S/C14H17NO2/c1-11-12(7-4-5-10-16)8-6-9-13(11)14(17)15(2)3/h6,8-9,16H,5,10H2,1-3H3. The number of hydrogen-bond acceptors (Lipinski definition) is 2. The number of nitrogens with zero attached hydrogens (tertiary/aromatic N) is 1. The van der Waals surface area contributed by atoms with Crippen LogP contribution in [-0.2, 0) is 0 Å². The van der Waals surface area contributed by atoms with E-state index < -0.39 is 0 Å². The van der Waals surface area contributed by atoms with E-state index in [-0.39, 0.29) is 12.5 Å². The van der Waals surface area contributed by atoms with Crippen LogP contribution in [-0.4, -0.2) is 36.6 Å². The predicted molar refractivity (Wildman–Crippen MR) is 67.8 cm³/mol. The summed E-state index contributed by atoms with van der Waals surface area (Å²) in [4.78, 5) is 13.4. The lowest BCUT2D eigenvalue weighted by Gasteiger charge is -2.13. The van der Waals surface area contributed by atoms with Crippen LogP contribution in [0.1, 0.15) is 27.9 Å². The second-order valence-corrected chi connectivity index (χ2v) is 3.95. The number of carbonyl (C=O) groups excluding carboxylic acids is 1. The van der Waals surface area contributed by atoms with E-state index in [0.717, 1.165) is 11.1 Å². The van der Waals surface area contributed by atoms with Crippen molar-refractivity contribution in [1.82, 2.24) is 4.90 Å². The first kappa shape index (κ1) is 13.3. The van der Waals surface area contributed by atoms with Crippen molar-refractivity contribution in [3.05, 3.63) is 34.9 Å². The summed E-state index contributed by atoms with van der Waals surface area (Å²) < 4.78 is 0. The maximum Gasteiger partial charge on any atom is 0.253 e. The van der Waals surface area contributed by atoms with Crippen molar-refractivity contribution in [1.29, 1.82) is 0 Å². The molecule has 0 saturated heterocycles. The fourth-order valence-corrected chi connectivity index (χ4v) is 1.46. The van der Waals surface area contributed by atoms with E-state index >= 15 is 0 Å². The fraction of sp³-hybridized carbons (Fsp3) is 0.357. The van der Waals surface area contributed by atoms with Gasteiger partial charge < -0.3 is 10.0 Å². The second-order valence-electron chi connectivity index (χ2n) is 3.95. The third-order valence-corrected chi connectivity index (χ3v) is 2.43. The molecule has 1 aromatic carbocycles. The lowest BCUT2D eigenvalue weighted by molar-refractivity contribution is 0.0827. The van der Waals surface area contributed by atoms with Crippen molar-refractivity contribution in [2.24, 2.45) is 0 Å². The Labute approximate surface area is 102 Å². The monoisotopic (exact) mass is 231 g/mol. The molecular formula is C14H17NO2. The molecule has 17 heavy (non-hydrogen) atoms. The van der Waals surface area contributed by atoms with Crippen molar-refractivity contribution < 1.29 is 9.90 Å². The van der Waals surface area contributed by atoms with Gasteiger partial charge in [0.15, 0.2) is 0 Å². The van der Waals surface area contributed by atoms with Crippen LogP contribution in [0.25, 0.3) is 0 Å². The van der Waals surface area contributed by atoms with Gasteiger partial charge in [-0.15, -0.1) is 0 Å². The lowest BCUT2D eigenvalue weighted by atomic mass is 10.0. The van der Waals surface area contributed by atoms with Crippen LogP contribution in [0.15, 0.2) is 18.2 Å². The quantitative estimate of drug-likeness (QED) is 0.782. The van der Waals surface area contributed by atoms with Gasteiger partial charge in [0, 0.05) is 31.6 Å². The van der Waals surface area contributed by atoms with Gasteiger partial charge >= 0.3 is 0 Å². The Balaban J connectivity index is 3.09. The Hall–Kier alpha value is -1.79. The highest BCUT2D eigenvalue weighted by Gasteiger charge is 2.12. The highest BCUT2D eigenvalue weighted by atomic mass is 16.2. The molecule has 0 aliphatic heterocycles. The summed E-state index contributed by atoms with van der Waals surface area (Å²) in [5.41, 5.74) is 2.40. The Kier molecular flexibility index (Phi) is 4.74. The Morgan fingerprint density at radius 2 is 2.12 bits per heavy atom. The molecule has 0 spiro atoms. The third kappa shape index (κ3) is 3.33. The molecule has 0 bridgehead atoms. The fourth-order valence-electron chi connectivity index (χ4n) is 1.46. The van der Waals surface area contributed by atoms with E-state index in [2.05, 4.69) is 11.8 Å². The zero-order valence-corrected chi connectivity index (χ0v) is 10.4. The van der Waals surface area contributed by atoms with E-state index in [4.69, 9.17) is 5.11 Å². The van der Waals surface area contributed by atoms with Crippen LogP contribution in [0.5, 0.6) is 0 Å². The summed E-state index contributed by atoms with van der Waals surface area (Å²) in [6.07, 6.45) is 0.450. The van der Waals surface area contributed by atoms with Crippen molar-refractivity contribution >= 4 is 5.91 Å². The number of aliphatic hydroxyl groups excluding tert-OH is 1. The molecule has 90 valence electrons. The molecular weight excluding hydrogens is 214 g/mol. The molecule has 0 heterocycles. The summed E-state index contributed by atoms with van der Waals surface area (Å²) in [7, 11) is 3.46. The van der Waals surface area contributed by atoms with Crippen molar-refractivity contribution in [3.8, 4) is 11.8 Å². The smallest absolute Gasteiger partial charge is 0.253 e.